The number of anilines is 1. The minimum Gasteiger partial charge on any atom is -0.337 e. The second kappa shape index (κ2) is 7.93. The summed E-state index contributed by atoms with van der Waals surface area (Å²) < 4.78 is 0. The molecule has 0 atom stereocenters. The summed E-state index contributed by atoms with van der Waals surface area (Å²) in [7, 11) is 0. The van der Waals surface area contributed by atoms with Crippen LogP contribution in [0.1, 0.15) is 12.5 Å². The van der Waals surface area contributed by atoms with Crippen molar-refractivity contribution in [2.24, 2.45) is 0 Å². The van der Waals surface area contributed by atoms with Gasteiger partial charge in [0.1, 0.15) is 6.54 Å². The quantitative estimate of drug-likeness (QED) is 0.798. The normalized spacial score (nSPS) is 13.5. The number of likely N-dealkylation sites (N-methyl/N-ethyl adjacent to an activating group) is 1. The molecular weight excluding hydrogens is 356 g/mol. The van der Waals surface area contributed by atoms with E-state index in [1.165, 1.54) is 11.8 Å². The van der Waals surface area contributed by atoms with Crippen LogP contribution >= 0.6 is 23.4 Å². The fraction of sp³-hybridized carbons (Fsp3) is 0.263. The first-order valence-corrected chi connectivity index (χ1v) is 9.50. The smallest absolute Gasteiger partial charge is 0.242 e. The number of halogens is 1. The molecular formula is C19H19ClN2O2S. The molecule has 2 amide bonds. The van der Waals surface area contributed by atoms with Crippen LogP contribution in [0, 0.1) is 0 Å². The second-order valence-electron chi connectivity index (χ2n) is 5.74. The maximum absolute atomic E-state index is 12.8. The number of thioether (sulfide) groups is 1. The summed E-state index contributed by atoms with van der Waals surface area (Å²) in [5.41, 5.74) is 1.71. The monoisotopic (exact) mass is 374 g/mol. The van der Waals surface area contributed by atoms with Crippen molar-refractivity contribution in [3.05, 3.63) is 59.1 Å². The third-order valence-corrected chi connectivity index (χ3v) is 5.57. The highest BCUT2D eigenvalue weighted by atomic mass is 35.5. The number of carbonyl (C=O) groups is 2. The van der Waals surface area contributed by atoms with Crippen molar-refractivity contribution in [1.29, 1.82) is 0 Å². The molecule has 0 spiro atoms. The zero-order chi connectivity index (χ0) is 17.8. The summed E-state index contributed by atoms with van der Waals surface area (Å²) in [6.45, 7) is 2.97. The summed E-state index contributed by atoms with van der Waals surface area (Å²) >= 11 is 7.72. The lowest BCUT2D eigenvalue weighted by Gasteiger charge is -2.31. The zero-order valence-electron chi connectivity index (χ0n) is 13.9. The Kier molecular flexibility index (Phi) is 5.66. The predicted molar refractivity (Wildman–Crippen MR) is 102 cm³/mol. The van der Waals surface area contributed by atoms with Gasteiger partial charge in [0.05, 0.1) is 11.4 Å². The van der Waals surface area contributed by atoms with E-state index < -0.39 is 0 Å². The first-order valence-electron chi connectivity index (χ1n) is 8.13. The summed E-state index contributed by atoms with van der Waals surface area (Å²) in [5.74, 6) is 0.240. The maximum atomic E-state index is 12.8. The molecule has 1 aliphatic rings. The van der Waals surface area contributed by atoms with E-state index >= 15 is 0 Å². The van der Waals surface area contributed by atoms with Gasteiger partial charge in [-0.1, -0.05) is 41.9 Å². The molecule has 0 N–H and O–H groups in total. The Morgan fingerprint density at radius 2 is 1.92 bits per heavy atom. The number of fused-ring (bicyclic) bond motifs is 1. The molecule has 3 rings (SSSR count). The van der Waals surface area contributed by atoms with Gasteiger partial charge in [-0.3, -0.25) is 9.59 Å². The molecule has 2 aromatic rings. The van der Waals surface area contributed by atoms with Crippen LogP contribution in [0.3, 0.4) is 0 Å². The summed E-state index contributed by atoms with van der Waals surface area (Å²) in [6.07, 6.45) is 0. The van der Waals surface area contributed by atoms with Crippen LogP contribution in [-0.2, 0) is 16.1 Å². The van der Waals surface area contributed by atoms with Crippen LogP contribution < -0.4 is 4.90 Å². The van der Waals surface area contributed by atoms with Gasteiger partial charge in [0, 0.05) is 23.0 Å². The van der Waals surface area contributed by atoms with Crippen molar-refractivity contribution < 1.29 is 9.59 Å². The Labute approximate surface area is 156 Å². The molecule has 1 heterocycles. The topological polar surface area (TPSA) is 40.6 Å². The molecule has 6 heteroatoms. The van der Waals surface area contributed by atoms with Crippen LogP contribution in [0.15, 0.2) is 53.4 Å². The van der Waals surface area contributed by atoms with Crippen LogP contribution in [0.4, 0.5) is 5.69 Å². The van der Waals surface area contributed by atoms with Gasteiger partial charge >= 0.3 is 0 Å². The average molecular weight is 375 g/mol. The summed E-state index contributed by atoms with van der Waals surface area (Å²) in [6, 6.07) is 15.2. The van der Waals surface area contributed by atoms with E-state index in [4.69, 9.17) is 11.6 Å². The molecule has 130 valence electrons. The van der Waals surface area contributed by atoms with Crippen molar-refractivity contribution in [2.75, 3.05) is 23.7 Å². The van der Waals surface area contributed by atoms with Crippen molar-refractivity contribution in [3.8, 4) is 0 Å². The van der Waals surface area contributed by atoms with Crippen molar-refractivity contribution in [3.63, 3.8) is 0 Å². The van der Waals surface area contributed by atoms with E-state index in [2.05, 4.69) is 0 Å². The SMILES string of the molecule is CCN(Cc1ccccc1Cl)C(=O)CN1C(=O)CSc2ccccc21. The van der Waals surface area contributed by atoms with E-state index in [0.717, 1.165) is 16.1 Å². The van der Waals surface area contributed by atoms with Gasteiger partial charge in [-0.25, -0.2) is 0 Å². The van der Waals surface area contributed by atoms with Crippen LogP contribution in [0.5, 0.6) is 0 Å². The van der Waals surface area contributed by atoms with Gasteiger partial charge in [0.25, 0.3) is 0 Å². The number of benzene rings is 2. The lowest BCUT2D eigenvalue weighted by Crippen LogP contribution is -2.44. The number of hydrogen-bond donors (Lipinski definition) is 0. The van der Waals surface area contributed by atoms with Gasteiger partial charge < -0.3 is 9.80 Å². The largest absolute Gasteiger partial charge is 0.337 e. The number of hydrogen-bond acceptors (Lipinski definition) is 3. The molecule has 1 aliphatic heterocycles. The Morgan fingerprint density at radius 3 is 2.68 bits per heavy atom. The van der Waals surface area contributed by atoms with Gasteiger partial charge in [0.2, 0.25) is 11.8 Å². The molecule has 25 heavy (non-hydrogen) atoms. The second-order valence-corrected chi connectivity index (χ2v) is 7.16. The van der Waals surface area contributed by atoms with Crippen LogP contribution in [0.2, 0.25) is 5.02 Å². The third-order valence-electron chi connectivity index (χ3n) is 4.16. The summed E-state index contributed by atoms with van der Waals surface area (Å²) in [4.78, 5) is 29.5. The number of rotatable bonds is 5. The van der Waals surface area contributed by atoms with E-state index in [0.29, 0.717) is 23.9 Å². The van der Waals surface area contributed by atoms with Gasteiger partial charge in [-0.05, 0) is 30.7 Å². The highest BCUT2D eigenvalue weighted by Crippen LogP contribution is 2.34. The molecule has 0 unspecified atom stereocenters. The first kappa shape index (κ1) is 17.8. The fourth-order valence-corrected chi connectivity index (χ4v) is 3.90. The van der Waals surface area contributed by atoms with Crippen molar-refractivity contribution >= 4 is 40.9 Å². The molecule has 0 aromatic heterocycles. The Balaban J connectivity index is 1.76. The highest BCUT2D eigenvalue weighted by molar-refractivity contribution is 8.00. The molecule has 4 nitrogen and oxygen atoms in total. The van der Waals surface area contributed by atoms with Crippen LogP contribution in [0.25, 0.3) is 0 Å². The lowest BCUT2D eigenvalue weighted by atomic mass is 10.2. The third kappa shape index (κ3) is 3.99. The molecule has 0 saturated heterocycles. The Hall–Kier alpha value is -1.98. The number of nitrogens with zero attached hydrogens (tertiary/aromatic N) is 2. The summed E-state index contributed by atoms with van der Waals surface area (Å²) in [5, 5.41) is 0.643. The van der Waals surface area contributed by atoms with E-state index in [1.54, 1.807) is 9.80 Å². The molecule has 0 fully saturated rings. The Morgan fingerprint density at radius 1 is 1.20 bits per heavy atom. The van der Waals surface area contributed by atoms with Crippen LogP contribution in [-0.4, -0.2) is 35.6 Å². The van der Waals surface area contributed by atoms with Crippen molar-refractivity contribution in [1.82, 2.24) is 4.90 Å². The van der Waals surface area contributed by atoms with E-state index in [1.807, 2.05) is 55.5 Å². The zero-order valence-corrected chi connectivity index (χ0v) is 15.5. The van der Waals surface area contributed by atoms with E-state index in [-0.39, 0.29) is 18.4 Å². The number of carbonyl (C=O) groups excluding carboxylic acids is 2. The van der Waals surface area contributed by atoms with E-state index in [9.17, 15) is 9.59 Å². The molecule has 0 aliphatic carbocycles. The minimum atomic E-state index is -0.0857. The molecule has 0 bridgehead atoms. The Bertz CT molecular complexity index is 796. The van der Waals surface area contributed by atoms with Gasteiger partial charge in [-0.15, -0.1) is 11.8 Å². The molecule has 2 aromatic carbocycles. The highest BCUT2D eigenvalue weighted by Gasteiger charge is 2.27. The first-order chi connectivity index (χ1) is 12.1. The number of para-hydroxylation sites is 1. The predicted octanol–water partition coefficient (Wildman–Crippen LogP) is 3.83. The molecule has 0 radical (unpaired) electrons. The lowest BCUT2D eigenvalue weighted by molar-refractivity contribution is -0.131. The fourth-order valence-electron chi connectivity index (χ4n) is 2.77. The average Bonchev–Trinajstić information content (AvgIpc) is 2.63. The minimum absolute atomic E-state index is 0.0363. The van der Waals surface area contributed by atoms with Gasteiger partial charge in [-0.2, -0.15) is 0 Å². The van der Waals surface area contributed by atoms with Gasteiger partial charge in [0.15, 0.2) is 0 Å². The molecule has 0 saturated carbocycles. The maximum Gasteiger partial charge on any atom is 0.242 e. The number of amides is 2. The van der Waals surface area contributed by atoms with Crippen molar-refractivity contribution in [2.45, 2.75) is 18.4 Å². The standard InChI is InChI=1S/C19H19ClN2O2S/c1-2-21(11-14-7-3-4-8-15(14)20)18(23)12-22-16-9-5-6-10-17(16)25-13-19(22)24/h3-10H,2,11-13H2,1H3.